The number of ether oxygens (including phenoxy) is 1. The number of rotatable bonds is 8. The molecule has 3 N–H and O–H groups in total. The van der Waals surface area contributed by atoms with Gasteiger partial charge in [0.15, 0.2) is 5.03 Å². The van der Waals surface area contributed by atoms with Gasteiger partial charge in [0, 0.05) is 49.7 Å². The van der Waals surface area contributed by atoms with Gasteiger partial charge in [-0.05, 0) is 49.4 Å². The van der Waals surface area contributed by atoms with Gasteiger partial charge >= 0.3 is 12.2 Å². The number of nitrogens with one attached hydrogen (secondary N) is 2. The van der Waals surface area contributed by atoms with Crippen LogP contribution in [0.2, 0.25) is 0 Å². The fraction of sp³-hybridized carbons (Fsp3) is 0.414. The maximum atomic E-state index is 13.4. The summed E-state index contributed by atoms with van der Waals surface area (Å²) in [6.07, 6.45) is -2.61. The minimum atomic E-state index is -4.51. The number of aromatic nitrogens is 2. The average molecular weight is 653 g/mol. The van der Waals surface area contributed by atoms with Crippen LogP contribution in [0.3, 0.4) is 0 Å². The molecule has 2 heterocycles. The second-order valence-electron chi connectivity index (χ2n) is 11.0. The summed E-state index contributed by atoms with van der Waals surface area (Å²) in [5, 5.41) is 14.8. The number of aliphatic hydroxyl groups is 1. The number of anilines is 2. The summed E-state index contributed by atoms with van der Waals surface area (Å²) in [4.78, 5) is 31.6. The minimum absolute atomic E-state index is 0.0788. The highest BCUT2D eigenvalue weighted by molar-refractivity contribution is 7.89. The Morgan fingerprint density at radius 1 is 1.18 bits per heavy atom. The summed E-state index contributed by atoms with van der Waals surface area (Å²) < 4.78 is 74.0. The van der Waals surface area contributed by atoms with E-state index >= 15 is 0 Å². The molecule has 45 heavy (non-hydrogen) atoms. The predicted molar refractivity (Wildman–Crippen MR) is 159 cm³/mol. The van der Waals surface area contributed by atoms with Crippen molar-refractivity contribution in [3.05, 3.63) is 66.1 Å². The number of hydrogen-bond donors (Lipinski definition) is 3. The van der Waals surface area contributed by atoms with Crippen molar-refractivity contribution in [2.45, 2.75) is 43.6 Å². The Bertz CT molecular complexity index is 1630. The molecule has 0 spiro atoms. The third kappa shape index (κ3) is 8.12. The van der Waals surface area contributed by atoms with Crippen LogP contribution >= 0.6 is 0 Å². The molecule has 0 fully saturated rings. The lowest BCUT2D eigenvalue weighted by Crippen LogP contribution is -2.48. The molecule has 1 aliphatic rings. The Morgan fingerprint density at radius 2 is 1.82 bits per heavy atom. The molecule has 1 aliphatic heterocycles. The number of imidazole rings is 1. The van der Waals surface area contributed by atoms with Crippen LogP contribution in [0.5, 0.6) is 5.75 Å². The molecule has 244 valence electrons. The highest BCUT2D eigenvalue weighted by atomic mass is 32.2. The maximum Gasteiger partial charge on any atom is 0.416 e. The number of nitrogens with zero attached hydrogens (tertiary/aromatic N) is 4. The van der Waals surface area contributed by atoms with E-state index in [0.29, 0.717) is 11.3 Å². The van der Waals surface area contributed by atoms with E-state index in [9.17, 15) is 36.3 Å². The van der Waals surface area contributed by atoms with Crippen LogP contribution in [0.15, 0.2) is 60.0 Å². The van der Waals surface area contributed by atoms with Crippen LogP contribution < -0.4 is 15.4 Å². The Balaban J connectivity index is 1.58. The molecule has 3 atom stereocenters. The van der Waals surface area contributed by atoms with Gasteiger partial charge in [0.25, 0.3) is 10.0 Å². The van der Waals surface area contributed by atoms with Crippen LogP contribution in [0.25, 0.3) is 0 Å². The number of fused-ring (bicyclic) bond motifs is 1. The van der Waals surface area contributed by atoms with Crippen LogP contribution in [-0.2, 0) is 34.5 Å². The molecule has 12 nitrogen and oxygen atoms in total. The van der Waals surface area contributed by atoms with E-state index in [1.807, 2.05) is 6.92 Å². The predicted octanol–water partition coefficient (Wildman–Crippen LogP) is 3.55. The van der Waals surface area contributed by atoms with Crippen molar-refractivity contribution in [1.82, 2.24) is 18.8 Å². The monoisotopic (exact) mass is 652 g/mol. The molecule has 3 amide bonds. The number of aliphatic hydroxyl groups excluding tert-OH is 1. The largest absolute Gasteiger partial charge is 0.488 e. The number of halogens is 3. The maximum absolute atomic E-state index is 13.4. The molecule has 0 unspecified atom stereocenters. The lowest BCUT2D eigenvalue weighted by atomic mass is 10.0. The Kier molecular flexibility index (Phi) is 10.1. The first-order chi connectivity index (χ1) is 21.1. The lowest BCUT2D eigenvalue weighted by Gasteiger charge is -2.33. The molecular formula is C29H35F3N6O6S. The number of sulfonamides is 1. The fourth-order valence-corrected chi connectivity index (χ4v) is 5.94. The van der Waals surface area contributed by atoms with Crippen molar-refractivity contribution < 1.29 is 41.0 Å². The topological polar surface area (TPSA) is 146 Å². The molecule has 1 aromatic heterocycles. The second-order valence-corrected chi connectivity index (χ2v) is 13.0. The van der Waals surface area contributed by atoms with Crippen molar-refractivity contribution in [2.24, 2.45) is 13.0 Å². The molecule has 4 rings (SSSR count). The van der Waals surface area contributed by atoms with Crippen molar-refractivity contribution in [2.75, 3.05) is 37.4 Å². The number of urea groups is 1. The number of alkyl halides is 3. The number of amides is 3. The van der Waals surface area contributed by atoms with Gasteiger partial charge in [-0.2, -0.15) is 17.5 Å². The van der Waals surface area contributed by atoms with Gasteiger partial charge in [0.1, 0.15) is 11.9 Å². The number of carbonyl (C=O) groups excluding carboxylic acids is 2. The van der Waals surface area contributed by atoms with E-state index < -0.39 is 39.9 Å². The SMILES string of the molecule is C[C@H]1CN([C@@H](C)CO)C(=O)Cc2cc(NC(=O)Nc3ccc(C(F)(F)F)cc3)ccc2O[C@H]1CN(C)S(=O)(=O)c1cn(C)cn1. The first-order valence-electron chi connectivity index (χ1n) is 14.0. The molecule has 16 heteroatoms. The van der Waals surface area contributed by atoms with E-state index in [0.717, 1.165) is 28.6 Å². The van der Waals surface area contributed by atoms with Gasteiger partial charge in [0.05, 0.1) is 37.5 Å². The normalized spacial score (nSPS) is 18.3. The van der Waals surface area contributed by atoms with E-state index in [1.54, 1.807) is 20.0 Å². The van der Waals surface area contributed by atoms with Crippen molar-refractivity contribution in [3.63, 3.8) is 0 Å². The summed E-state index contributed by atoms with van der Waals surface area (Å²) in [5.74, 6) is -0.381. The summed E-state index contributed by atoms with van der Waals surface area (Å²) in [5.41, 5.74) is -0.0442. The van der Waals surface area contributed by atoms with Crippen molar-refractivity contribution >= 4 is 33.3 Å². The Labute approximate surface area is 258 Å². The zero-order chi connectivity index (χ0) is 33.1. The van der Waals surface area contributed by atoms with E-state index in [-0.39, 0.29) is 54.3 Å². The average Bonchev–Trinajstić information content (AvgIpc) is 3.43. The summed E-state index contributed by atoms with van der Waals surface area (Å²) in [6.45, 7) is 3.32. The van der Waals surface area contributed by atoms with Crippen LogP contribution in [0, 0.1) is 5.92 Å². The molecule has 0 aliphatic carbocycles. The molecule has 2 aromatic carbocycles. The highest BCUT2D eigenvalue weighted by Gasteiger charge is 2.34. The number of aryl methyl sites for hydroxylation is 1. The second kappa shape index (κ2) is 13.5. The zero-order valence-corrected chi connectivity index (χ0v) is 25.9. The standard InChI is InChI=1S/C29H35F3N6O6S/c1-18-13-38(19(2)16-39)27(40)12-20-11-23(35-28(41)34-22-7-5-21(6-8-22)29(30,31)32)9-10-24(20)44-25(18)14-37(4)45(42,43)26-15-36(3)17-33-26/h5-11,15,17-19,25,39H,12-14,16H2,1-4H3,(H2,34,35,41)/t18-,19-,25-/m0/s1. The third-order valence-corrected chi connectivity index (χ3v) is 9.15. The summed E-state index contributed by atoms with van der Waals surface area (Å²) in [6, 6.07) is 7.30. The van der Waals surface area contributed by atoms with Gasteiger partial charge in [-0.3, -0.25) is 4.79 Å². The zero-order valence-electron chi connectivity index (χ0n) is 25.1. The van der Waals surface area contributed by atoms with Gasteiger partial charge < -0.3 is 29.9 Å². The van der Waals surface area contributed by atoms with Gasteiger partial charge in [-0.25, -0.2) is 18.2 Å². The van der Waals surface area contributed by atoms with E-state index in [1.165, 1.54) is 41.2 Å². The van der Waals surface area contributed by atoms with E-state index in [4.69, 9.17) is 4.74 Å². The number of likely N-dealkylation sites (N-methyl/N-ethyl adjacent to an activating group) is 1. The van der Waals surface area contributed by atoms with Crippen LogP contribution in [0.1, 0.15) is 25.0 Å². The van der Waals surface area contributed by atoms with Gasteiger partial charge in [-0.15, -0.1) is 0 Å². The van der Waals surface area contributed by atoms with Crippen LogP contribution in [-0.4, -0.2) is 83.1 Å². The summed E-state index contributed by atoms with van der Waals surface area (Å²) >= 11 is 0. The molecule has 0 saturated heterocycles. The molecular weight excluding hydrogens is 617 g/mol. The molecule has 0 saturated carbocycles. The smallest absolute Gasteiger partial charge is 0.416 e. The summed E-state index contributed by atoms with van der Waals surface area (Å²) in [7, 11) is -0.892. The van der Waals surface area contributed by atoms with Gasteiger partial charge in [0.2, 0.25) is 5.91 Å². The quantitative estimate of drug-likeness (QED) is 0.338. The fourth-order valence-electron chi connectivity index (χ4n) is 4.79. The minimum Gasteiger partial charge on any atom is -0.488 e. The first kappa shape index (κ1) is 33.7. The van der Waals surface area contributed by atoms with Crippen molar-refractivity contribution in [1.29, 1.82) is 0 Å². The van der Waals surface area contributed by atoms with Crippen molar-refractivity contribution in [3.8, 4) is 5.75 Å². The Morgan fingerprint density at radius 3 is 2.42 bits per heavy atom. The number of hydrogen-bond acceptors (Lipinski definition) is 7. The molecule has 0 bridgehead atoms. The number of benzene rings is 2. The van der Waals surface area contributed by atoms with Crippen LogP contribution in [0.4, 0.5) is 29.3 Å². The van der Waals surface area contributed by atoms with E-state index in [2.05, 4.69) is 15.6 Å². The molecule has 3 aromatic rings. The highest BCUT2D eigenvalue weighted by Crippen LogP contribution is 2.31. The Hall–Kier alpha value is -4.15. The molecule has 0 radical (unpaired) electrons. The number of carbonyl (C=O) groups is 2. The van der Waals surface area contributed by atoms with Gasteiger partial charge in [-0.1, -0.05) is 6.92 Å². The first-order valence-corrected chi connectivity index (χ1v) is 15.4. The lowest BCUT2D eigenvalue weighted by molar-refractivity contribution is -0.137. The third-order valence-electron chi connectivity index (χ3n) is 7.44.